The second-order valence-electron chi connectivity index (χ2n) is 14.1. The number of aromatic nitrogens is 2. The lowest BCUT2D eigenvalue weighted by atomic mass is 9.70. The molecule has 226 valence electrons. The molecule has 0 N–H and O–H groups in total. The summed E-state index contributed by atoms with van der Waals surface area (Å²) in [6, 6.07) is 40.1. The number of hydrogen-bond donors (Lipinski definition) is 0. The van der Waals surface area contributed by atoms with Crippen LogP contribution in [0.2, 0.25) is 0 Å². The third kappa shape index (κ3) is 3.48. The van der Waals surface area contributed by atoms with E-state index in [9.17, 15) is 0 Å². The molecule has 4 heteroatoms. The second-order valence-corrected chi connectivity index (χ2v) is 15.2. The third-order valence-electron chi connectivity index (χ3n) is 10.6. The van der Waals surface area contributed by atoms with Gasteiger partial charge in [0.1, 0.15) is 0 Å². The zero-order chi connectivity index (χ0) is 31.7. The van der Waals surface area contributed by atoms with E-state index in [1.54, 1.807) is 0 Å². The highest BCUT2D eigenvalue weighted by molar-refractivity contribution is 7.26. The molecule has 5 aromatic carbocycles. The number of rotatable bonds is 2. The number of allylic oxidation sites excluding steroid dienone is 1. The molecule has 0 fully saturated rings. The Morgan fingerprint density at radius 1 is 0.638 bits per heavy atom. The van der Waals surface area contributed by atoms with Crippen molar-refractivity contribution in [2.75, 3.05) is 4.90 Å². The number of nitrogens with zero attached hydrogens (tertiary/aromatic N) is 3. The van der Waals surface area contributed by atoms with Gasteiger partial charge in [-0.3, -0.25) is 4.98 Å². The van der Waals surface area contributed by atoms with Crippen LogP contribution in [0.15, 0.2) is 128 Å². The van der Waals surface area contributed by atoms with Gasteiger partial charge in [0.15, 0.2) is 0 Å². The van der Waals surface area contributed by atoms with Crippen LogP contribution in [0.3, 0.4) is 0 Å². The first-order valence-corrected chi connectivity index (χ1v) is 17.2. The molecule has 47 heavy (non-hydrogen) atoms. The number of hydrogen-bond acceptors (Lipinski definition) is 3. The predicted octanol–water partition coefficient (Wildman–Crippen LogP) is 11.8. The van der Waals surface area contributed by atoms with Crippen molar-refractivity contribution in [3.63, 3.8) is 0 Å². The van der Waals surface area contributed by atoms with Gasteiger partial charge in [-0.15, -0.1) is 11.3 Å². The maximum atomic E-state index is 5.34. The van der Waals surface area contributed by atoms with Crippen LogP contribution in [0, 0.1) is 0 Å². The molecule has 0 amide bonds. The van der Waals surface area contributed by atoms with Crippen LogP contribution < -0.4 is 4.90 Å². The van der Waals surface area contributed by atoms with Crippen molar-refractivity contribution in [1.82, 2.24) is 9.55 Å². The third-order valence-corrected chi connectivity index (χ3v) is 11.8. The molecule has 2 aliphatic heterocycles. The van der Waals surface area contributed by atoms with Crippen molar-refractivity contribution >= 4 is 64.7 Å². The predicted molar refractivity (Wildman–Crippen MR) is 200 cm³/mol. The highest BCUT2D eigenvalue weighted by Gasteiger charge is 2.43. The van der Waals surface area contributed by atoms with E-state index in [2.05, 4.69) is 165 Å². The summed E-state index contributed by atoms with van der Waals surface area (Å²) in [5.41, 5.74) is 11.9. The van der Waals surface area contributed by atoms with Crippen LogP contribution in [0.1, 0.15) is 44.5 Å². The van der Waals surface area contributed by atoms with Crippen molar-refractivity contribution in [2.24, 2.45) is 0 Å². The van der Waals surface area contributed by atoms with Gasteiger partial charge in [0.2, 0.25) is 0 Å². The van der Waals surface area contributed by atoms with E-state index in [0.717, 1.165) is 5.69 Å². The molecule has 8 aromatic rings. The summed E-state index contributed by atoms with van der Waals surface area (Å²) < 4.78 is 5.12. The summed E-state index contributed by atoms with van der Waals surface area (Å²) in [6.45, 7) is 9.33. The second kappa shape index (κ2) is 9.21. The molecule has 0 radical (unpaired) electrons. The number of pyridine rings is 1. The molecule has 0 saturated heterocycles. The fraction of sp³-hybridized carbons (Fsp3) is 0.140. The van der Waals surface area contributed by atoms with E-state index in [0.29, 0.717) is 0 Å². The van der Waals surface area contributed by atoms with Gasteiger partial charge in [-0.25, -0.2) is 0 Å². The molecule has 3 aromatic heterocycles. The molecule has 2 aliphatic rings. The van der Waals surface area contributed by atoms with E-state index in [-0.39, 0.29) is 10.8 Å². The lowest BCUT2D eigenvalue weighted by molar-refractivity contribution is 0.589. The average Bonchev–Trinajstić information content (AvgIpc) is 3.64. The first-order chi connectivity index (χ1) is 22.8. The Kier molecular flexibility index (Phi) is 5.28. The van der Waals surface area contributed by atoms with Crippen LogP contribution in [0.25, 0.3) is 58.8 Å². The van der Waals surface area contributed by atoms with Crippen LogP contribution in [-0.4, -0.2) is 9.55 Å². The number of benzene rings is 5. The van der Waals surface area contributed by atoms with Gasteiger partial charge in [-0.05, 0) is 60.9 Å². The van der Waals surface area contributed by atoms with Gasteiger partial charge in [-0.2, -0.15) is 0 Å². The van der Waals surface area contributed by atoms with Crippen LogP contribution in [-0.2, 0) is 10.8 Å². The fourth-order valence-corrected chi connectivity index (χ4v) is 9.63. The lowest BCUT2D eigenvalue weighted by Crippen LogP contribution is -2.36. The normalized spacial score (nSPS) is 15.9. The van der Waals surface area contributed by atoms with Crippen molar-refractivity contribution < 1.29 is 0 Å². The van der Waals surface area contributed by atoms with Gasteiger partial charge >= 0.3 is 0 Å². The van der Waals surface area contributed by atoms with Gasteiger partial charge < -0.3 is 9.47 Å². The first kappa shape index (κ1) is 27.0. The summed E-state index contributed by atoms with van der Waals surface area (Å²) >= 11 is 1.88. The number of thiophene rings is 1. The largest absolute Gasteiger partial charge is 0.315 e. The lowest BCUT2D eigenvalue weighted by Gasteiger charge is -2.45. The molecule has 10 rings (SSSR count). The van der Waals surface area contributed by atoms with E-state index in [4.69, 9.17) is 4.98 Å². The highest BCUT2D eigenvalue weighted by Crippen LogP contribution is 2.56. The Bertz CT molecular complexity index is 2650. The summed E-state index contributed by atoms with van der Waals surface area (Å²) in [7, 11) is 0. The van der Waals surface area contributed by atoms with E-state index >= 15 is 0 Å². The van der Waals surface area contributed by atoms with E-state index < -0.39 is 0 Å². The van der Waals surface area contributed by atoms with Crippen molar-refractivity contribution in [3.05, 3.63) is 144 Å². The van der Waals surface area contributed by atoms with Crippen molar-refractivity contribution in [1.29, 1.82) is 0 Å². The Labute approximate surface area is 278 Å². The molecule has 0 saturated carbocycles. The summed E-state index contributed by atoms with van der Waals surface area (Å²) in [4.78, 5) is 7.73. The molecule has 3 nitrogen and oxygen atoms in total. The molecule has 0 atom stereocenters. The maximum Gasteiger partial charge on any atom is 0.0747 e. The van der Waals surface area contributed by atoms with E-state index in [1.807, 2.05) is 11.3 Å². The van der Waals surface area contributed by atoms with Gasteiger partial charge in [-0.1, -0.05) is 98.8 Å². The number of para-hydroxylation sites is 2. The molecule has 0 bridgehead atoms. The monoisotopic (exact) mass is 623 g/mol. The van der Waals surface area contributed by atoms with Crippen LogP contribution in [0.5, 0.6) is 0 Å². The van der Waals surface area contributed by atoms with E-state index in [1.165, 1.54) is 81.3 Å². The topological polar surface area (TPSA) is 21.1 Å². The minimum absolute atomic E-state index is 0.190. The molecule has 0 spiro atoms. The molecule has 0 aliphatic carbocycles. The molecular weight excluding hydrogens is 591 g/mol. The number of anilines is 2. The van der Waals surface area contributed by atoms with Crippen molar-refractivity contribution in [2.45, 2.75) is 38.5 Å². The maximum absolute atomic E-state index is 5.34. The standard InChI is InChI=1S/C43H33N3S/c1-42(2)23-24-45-33-19-9-7-17-31(33)43(3,4)41-39(45)38(42)30(25-44-41)27-15-11-20-34-37(27)29-14-5-8-18-32(29)46(34)35-21-12-16-28-26-13-6-10-22-36(26)47-40(28)35/h5-25H,1-4H3. The minimum Gasteiger partial charge on any atom is -0.315 e. The Balaban J connectivity index is 1.30. The molecule has 5 heterocycles. The smallest absolute Gasteiger partial charge is 0.0747 e. The Morgan fingerprint density at radius 2 is 1.34 bits per heavy atom. The first-order valence-electron chi connectivity index (χ1n) is 16.4. The summed E-state index contributed by atoms with van der Waals surface area (Å²) in [5, 5.41) is 5.16. The molecular formula is C43H33N3S. The van der Waals surface area contributed by atoms with Crippen LogP contribution >= 0.6 is 11.3 Å². The SMILES string of the molecule is CC1(C)C=CN2c3ccccc3C(C)(C)c3ncc(-c4cccc5c4c4ccccc4n5-c4cccc5c4sc4ccccc45)c1c32. The Hall–Kier alpha value is -5.19. The quantitative estimate of drug-likeness (QED) is 0.191. The van der Waals surface area contributed by atoms with Gasteiger partial charge in [0.05, 0.1) is 32.8 Å². The van der Waals surface area contributed by atoms with Gasteiger partial charge in [0, 0.05) is 60.7 Å². The van der Waals surface area contributed by atoms with Crippen LogP contribution in [0.4, 0.5) is 11.4 Å². The zero-order valence-corrected chi connectivity index (χ0v) is 27.7. The zero-order valence-electron chi connectivity index (χ0n) is 26.9. The summed E-state index contributed by atoms with van der Waals surface area (Å²) in [5.74, 6) is 0. The fourth-order valence-electron chi connectivity index (χ4n) is 8.42. The number of fused-ring (bicyclic) bond motifs is 8. The highest BCUT2D eigenvalue weighted by atomic mass is 32.1. The average molecular weight is 624 g/mol. The van der Waals surface area contributed by atoms with Crippen molar-refractivity contribution in [3.8, 4) is 16.8 Å². The Morgan fingerprint density at radius 3 is 2.23 bits per heavy atom. The summed E-state index contributed by atoms with van der Waals surface area (Å²) in [6.07, 6.45) is 6.79. The van der Waals surface area contributed by atoms with Gasteiger partial charge in [0.25, 0.3) is 0 Å². The minimum atomic E-state index is -0.220. The molecule has 0 unspecified atom stereocenters.